The molecule has 2 aromatic heterocycles. The molecular weight excluding hydrogens is 448 g/mol. The highest BCUT2D eigenvalue weighted by atomic mass is 32.2. The minimum absolute atomic E-state index is 0.176. The van der Waals surface area contributed by atoms with Crippen molar-refractivity contribution in [3.8, 4) is 28.6 Å². The molecule has 0 aliphatic heterocycles. The standard InChI is InChI=1S/C26H26N4O3S/c1-3-6-19-7-4-5-8-24(19)33-17-22(31)18-34-26-29-28-25(20-13-15-27-16-14-20)30(26)21-9-11-23(32-2)12-10-21/h3-5,7-16,22,31H,1,6,17-18H2,2H3/t22-/m0/s1. The zero-order valence-corrected chi connectivity index (χ0v) is 19.7. The van der Waals surface area contributed by atoms with Gasteiger partial charge >= 0.3 is 0 Å². The summed E-state index contributed by atoms with van der Waals surface area (Å²) in [4.78, 5) is 4.09. The van der Waals surface area contributed by atoms with Crippen LogP contribution in [0.25, 0.3) is 17.1 Å². The highest BCUT2D eigenvalue weighted by Crippen LogP contribution is 2.29. The average molecular weight is 475 g/mol. The van der Waals surface area contributed by atoms with Crippen LogP contribution in [0.4, 0.5) is 0 Å². The van der Waals surface area contributed by atoms with Gasteiger partial charge < -0.3 is 14.6 Å². The normalized spacial score (nSPS) is 11.7. The molecule has 34 heavy (non-hydrogen) atoms. The minimum atomic E-state index is -0.688. The van der Waals surface area contributed by atoms with Gasteiger partial charge in [-0.2, -0.15) is 0 Å². The van der Waals surface area contributed by atoms with Crippen LogP contribution in [0.2, 0.25) is 0 Å². The molecule has 2 heterocycles. The number of hydrogen-bond donors (Lipinski definition) is 1. The number of aliphatic hydroxyl groups is 1. The highest BCUT2D eigenvalue weighted by Gasteiger charge is 2.18. The molecule has 174 valence electrons. The lowest BCUT2D eigenvalue weighted by atomic mass is 10.1. The first kappa shape index (κ1) is 23.5. The van der Waals surface area contributed by atoms with Crippen LogP contribution in [0.5, 0.6) is 11.5 Å². The molecule has 0 saturated heterocycles. The summed E-state index contributed by atoms with van der Waals surface area (Å²) in [6.45, 7) is 3.96. The Morgan fingerprint density at radius 3 is 2.56 bits per heavy atom. The van der Waals surface area contributed by atoms with Crippen molar-refractivity contribution < 1.29 is 14.6 Å². The lowest BCUT2D eigenvalue weighted by molar-refractivity contribution is 0.126. The molecule has 0 amide bonds. The maximum absolute atomic E-state index is 10.6. The van der Waals surface area contributed by atoms with E-state index in [0.29, 0.717) is 23.2 Å². The van der Waals surface area contributed by atoms with Gasteiger partial charge in [-0.1, -0.05) is 36.0 Å². The Balaban J connectivity index is 1.50. The van der Waals surface area contributed by atoms with E-state index < -0.39 is 6.10 Å². The molecule has 0 unspecified atom stereocenters. The summed E-state index contributed by atoms with van der Waals surface area (Å²) < 4.78 is 13.1. The van der Waals surface area contributed by atoms with Crippen LogP contribution in [0, 0.1) is 0 Å². The highest BCUT2D eigenvalue weighted by molar-refractivity contribution is 7.99. The van der Waals surface area contributed by atoms with E-state index in [-0.39, 0.29) is 6.61 Å². The predicted molar refractivity (Wildman–Crippen MR) is 134 cm³/mol. The van der Waals surface area contributed by atoms with Crippen LogP contribution in [0.1, 0.15) is 5.56 Å². The topological polar surface area (TPSA) is 82.3 Å². The summed E-state index contributed by atoms with van der Waals surface area (Å²) >= 11 is 1.42. The molecule has 2 aromatic carbocycles. The molecule has 7 nitrogen and oxygen atoms in total. The summed E-state index contributed by atoms with van der Waals surface area (Å²) in [6, 6.07) is 19.2. The van der Waals surface area contributed by atoms with Crippen LogP contribution in [-0.2, 0) is 6.42 Å². The average Bonchev–Trinajstić information content (AvgIpc) is 3.31. The molecule has 0 aliphatic carbocycles. The third-order valence-electron chi connectivity index (χ3n) is 5.08. The van der Waals surface area contributed by atoms with Crippen molar-refractivity contribution in [3.63, 3.8) is 0 Å². The number of allylic oxidation sites excluding steroid dienone is 1. The van der Waals surface area contributed by atoms with Crippen molar-refractivity contribution in [2.75, 3.05) is 19.5 Å². The Hall–Kier alpha value is -3.62. The predicted octanol–water partition coefficient (Wildman–Crippen LogP) is 4.60. The molecule has 0 saturated carbocycles. The molecule has 1 atom stereocenters. The Bertz CT molecular complexity index is 1210. The molecule has 4 aromatic rings. The van der Waals surface area contributed by atoms with Gasteiger partial charge in [0.05, 0.1) is 13.2 Å². The smallest absolute Gasteiger partial charge is 0.196 e. The van der Waals surface area contributed by atoms with Gasteiger partial charge in [-0.15, -0.1) is 16.8 Å². The van der Waals surface area contributed by atoms with Gasteiger partial charge in [0.2, 0.25) is 0 Å². The number of thioether (sulfide) groups is 1. The van der Waals surface area contributed by atoms with E-state index in [0.717, 1.165) is 28.3 Å². The molecular formula is C26H26N4O3S. The number of aliphatic hydroxyl groups excluding tert-OH is 1. The Kier molecular flexibility index (Phi) is 7.95. The van der Waals surface area contributed by atoms with Crippen LogP contribution in [-0.4, -0.2) is 50.4 Å². The number of methoxy groups -OCH3 is 1. The van der Waals surface area contributed by atoms with E-state index in [2.05, 4.69) is 21.8 Å². The van der Waals surface area contributed by atoms with Crippen LogP contribution < -0.4 is 9.47 Å². The molecule has 0 spiro atoms. The second-order valence-electron chi connectivity index (χ2n) is 7.45. The van der Waals surface area contributed by atoms with Crippen molar-refractivity contribution in [2.45, 2.75) is 17.7 Å². The van der Waals surface area contributed by atoms with Crippen molar-refractivity contribution in [3.05, 3.63) is 91.3 Å². The molecule has 0 aliphatic rings. The van der Waals surface area contributed by atoms with E-state index in [1.54, 1.807) is 19.5 Å². The maximum Gasteiger partial charge on any atom is 0.196 e. The summed E-state index contributed by atoms with van der Waals surface area (Å²) in [5.41, 5.74) is 2.83. The van der Waals surface area contributed by atoms with E-state index in [9.17, 15) is 5.11 Å². The van der Waals surface area contributed by atoms with Gasteiger partial charge in [-0.05, 0) is 54.4 Å². The zero-order chi connectivity index (χ0) is 23.8. The SMILES string of the molecule is C=CCc1ccccc1OC[C@H](O)CSc1nnc(-c2ccncc2)n1-c1ccc(OC)cc1. The van der Waals surface area contributed by atoms with Crippen LogP contribution in [0.15, 0.2) is 90.9 Å². The second-order valence-corrected chi connectivity index (χ2v) is 8.44. The molecule has 8 heteroatoms. The van der Waals surface area contributed by atoms with E-state index in [1.807, 2.05) is 71.3 Å². The summed E-state index contributed by atoms with van der Waals surface area (Å²) in [7, 11) is 1.64. The van der Waals surface area contributed by atoms with Crippen molar-refractivity contribution >= 4 is 11.8 Å². The zero-order valence-electron chi connectivity index (χ0n) is 18.9. The summed E-state index contributed by atoms with van der Waals surface area (Å²) in [6.07, 6.45) is 5.30. The Morgan fingerprint density at radius 1 is 1.06 bits per heavy atom. The molecule has 1 N–H and O–H groups in total. The first-order valence-electron chi connectivity index (χ1n) is 10.8. The number of benzene rings is 2. The fraction of sp³-hybridized carbons (Fsp3) is 0.192. The van der Waals surface area contributed by atoms with Crippen LogP contribution in [0.3, 0.4) is 0 Å². The Morgan fingerprint density at radius 2 is 1.82 bits per heavy atom. The lowest BCUT2D eigenvalue weighted by Gasteiger charge is -2.15. The molecule has 0 radical (unpaired) electrons. The molecule has 0 fully saturated rings. The fourth-order valence-corrected chi connectivity index (χ4v) is 4.25. The summed E-state index contributed by atoms with van der Waals surface area (Å²) in [5, 5.41) is 20.1. The van der Waals surface area contributed by atoms with Crippen molar-refractivity contribution in [1.82, 2.24) is 19.7 Å². The summed E-state index contributed by atoms with van der Waals surface area (Å²) in [5.74, 6) is 2.61. The van der Waals surface area contributed by atoms with E-state index in [4.69, 9.17) is 9.47 Å². The second kappa shape index (κ2) is 11.5. The van der Waals surface area contributed by atoms with Crippen LogP contribution >= 0.6 is 11.8 Å². The number of hydrogen-bond acceptors (Lipinski definition) is 7. The van der Waals surface area contributed by atoms with Crippen molar-refractivity contribution in [1.29, 1.82) is 0 Å². The Labute approximate surface area is 203 Å². The van der Waals surface area contributed by atoms with Gasteiger partial charge in [0.1, 0.15) is 18.1 Å². The largest absolute Gasteiger partial charge is 0.497 e. The van der Waals surface area contributed by atoms with Gasteiger partial charge in [-0.3, -0.25) is 9.55 Å². The third kappa shape index (κ3) is 5.65. The van der Waals surface area contributed by atoms with Gasteiger partial charge in [-0.25, -0.2) is 0 Å². The maximum atomic E-state index is 10.6. The monoisotopic (exact) mass is 474 g/mol. The number of ether oxygens (including phenoxy) is 2. The first-order chi connectivity index (χ1) is 16.7. The quantitative estimate of drug-likeness (QED) is 0.251. The van der Waals surface area contributed by atoms with Gasteiger partial charge in [0.25, 0.3) is 0 Å². The first-order valence-corrected chi connectivity index (χ1v) is 11.8. The third-order valence-corrected chi connectivity index (χ3v) is 6.15. The number of pyridine rings is 1. The number of rotatable bonds is 11. The van der Waals surface area contributed by atoms with E-state index >= 15 is 0 Å². The van der Waals surface area contributed by atoms with Gasteiger partial charge in [0.15, 0.2) is 11.0 Å². The fourth-order valence-electron chi connectivity index (χ4n) is 3.39. The number of nitrogens with zero attached hydrogens (tertiary/aromatic N) is 4. The van der Waals surface area contributed by atoms with E-state index in [1.165, 1.54) is 11.8 Å². The number of para-hydroxylation sites is 1. The minimum Gasteiger partial charge on any atom is -0.497 e. The molecule has 0 bridgehead atoms. The lowest BCUT2D eigenvalue weighted by Crippen LogP contribution is -2.20. The number of aromatic nitrogens is 4. The molecule has 4 rings (SSSR count). The van der Waals surface area contributed by atoms with Gasteiger partial charge in [0, 0.05) is 29.4 Å². The van der Waals surface area contributed by atoms with Crippen molar-refractivity contribution in [2.24, 2.45) is 0 Å².